The molecule has 0 unspecified atom stereocenters. The van der Waals surface area contributed by atoms with Crippen molar-refractivity contribution < 1.29 is 44.2 Å². The summed E-state index contributed by atoms with van der Waals surface area (Å²) in [6.07, 6.45) is 3.80. The third-order valence-corrected chi connectivity index (χ3v) is 11.9. The molecule has 4 N–H and O–H groups in total. The molecule has 9 nitrogen and oxygen atoms in total. The molecule has 4 saturated carbocycles. The van der Waals surface area contributed by atoms with Gasteiger partial charge in [0, 0.05) is 16.9 Å². The van der Waals surface area contributed by atoms with Crippen molar-refractivity contribution in [3.63, 3.8) is 0 Å². The van der Waals surface area contributed by atoms with Crippen LogP contribution >= 0.6 is 0 Å². The molecule has 1 saturated heterocycles. The molecule has 0 amide bonds. The van der Waals surface area contributed by atoms with Crippen LogP contribution in [0.3, 0.4) is 0 Å². The van der Waals surface area contributed by atoms with Gasteiger partial charge in [-0.05, 0) is 94.0 Å². The van der Waals surface area contributed by atoms with Crippen LogP contribution in [-0.4, -0.2) is 81.7 Å². The lowest BCUT2D eigenvalue weighted by atomic mass is 9.43. The summed E-state index contributed by atoms with van der Waals surface area (Å²) < 4.78 is 17.0. The number of aliphatic hydroxyl groups is 4. The monoisotopic (exact) mass is 534 g/mol. The summed E-state index contributed by atoms with van der Waals surface area (Å²) in [6, 6.07) is 0. The van der Waals surface area contributed by atoms with Crippen LogP contribution in [0.15, 0.2) is 11.6 Å². The van der Waals surface area contributed by atoms with E-state index in [2.05, 4.69) is 6.92 Å². The summed E-state index contributed by atoms with van der Waals surface area (Å²) in [4.78, 5) is 24.7. The molecule has 0 aromatic carbocycles. The number of rotatable bonds is 4. The average molecular weight is 535 g/mol. The van der Waals surface area contributed by atoms with E-state index < -0.39 is 41.7 Å². The quantitative estimate of drug-likeness (QED) is 0.240. The third kappa shape index (κ3) is 3.72. The number of cyclic esters (lactones) is 1. The topological polar surface area (TPSA) is 143 Å². The van der Waals surface area contributed by atoms with Crippen molar-refractivity contribution in [2.75, 3.05) is 6.61 Å². The van der Waals surface area contributed by atoms with Gasteiger partial charge in [0.1, 0.15) is 31.2 Å². The Labute approximate surface area is 223 Å². The molecule has 5 fully saturated rings. The van der Waals surface area contributed by atoms with E-state index in [1.54, 1.807) is 13.0 Å². The number of carbonyl (C=O) groups excluding carboxylic acids is 2. The molecular formula is C29H42O9. The van der Waals surface area contributed by atoms with Crippen LogP contribution in [0.1, 0.15) is 71.6 Å². The van der Waals surface area contributed by atoms with Crippen molar-refractivity contribution in [3.05, 3.63) is 11.6 Å². The van der Waals surface area contributed by atoms with E-state index in [-0.39, 0.29) is 41.2 Å². The molecule has 0 bridgehead atoms. The molecule has 0 radical (unpaired) electrons. The second-order valence-electron chi connectivity index (χ2n) is 13.2. The minimum atomic E-state index is -1.34. The van der Waals surface area contributed by atoms with Crippen molar-refractivity contribution in [2.24, 2.45) is 34.5 Å². The first-order valence-electron chi connectivity index (χ1n) is 14.4. The maximum atomic E-state index is 12.9. The van der Waals surface area contributed by atoms with Gasteiger partial charge >= 0.3 is 5.97 Å². The standard InChI is InChI=1S/C29H42O9/c1-15-23(32)24(33)25(34)26(37-15)38-18-5-9-28(14-30)17(12-18)3-4-21-20(28)6-8-27(2)19(7-10-29(21,27)35)16-11-22(31)36-13-16/h11,14-15,17-21,23-26,32-35H,3-10,12-13H2,1-2H3/t15-,17+,18-,19+,20-,21+,23-,24+,25+,26+,27+,28+,29-/m0/s1. The largest absolute Gasteiger partial charge is 0.458 e. The molecule has 212 valence electrons. The predicted octanol–water partition coefficient (Wildman–Crippen LogP) is 1.64. The van der Waals surface area contributed by atoms with Gasteiger partial charge in [-0.15, -0.1) is 0 Å². The number of carbonyl (C=O) groups is 2. The van der Waals surface area contributed by atoms with E-state index in [9.17, 15) is 30.0 Å². The number of aldehydes is 1. The highest BCUT2D eigenvalue weighted by Gasteiger charge is 2.68. The van der Waals surface area contributed by atoms with Gasteiger partial charge in [-0.1, -0.05) is 6.92 Å². The lowest BCUT2D eigenvalue weighted by Gasteiger charge is -2.63. The normalized spacial score (nSPS) is 54.4. The van der Waals surface area contributed by atoms with Crippen molar-refractivity contribution >= 4 is 12.3 Å². The van der Waals surface area contributed by atoms with E-state index in [0.29, 0.717) is 32.3 Å². The summed E-state index contributed by atoms with van der Waals surface area (Å²) in [5.41, 5.74) is -0.739. The van der Waals surface area contributed by atoms with E-state index in [1.165, 1.54) is 6.29 Å². The van der Waals surface area contributed by atoms with Crippen molar-refractivity contribution in [1.82, 2.24) is 0 Å². The summed E-state index contributed by atoms with van der Waals surface area (Å²) in [5, 5.41) is 42.9. The Morgan fingerprint density at radius 3 is 2.50 bits per heavy atom. The van der Waals surface area contributed by atoms with Gasteiger partial charge in [0.05, 0.1) is 17.8 Å². The molecule has 6 rings (SSSR count). The molecule has 4 aliphatic carbocycles. The Morgan fingerprint density at radius 1 is 1.00 bits per heavy atom. The van der Waals surface area contributed by atoms with Crippen LogP contribution < -0.4 is 0 Å². The summed E-state index contributed by atoms with van der Waals surface area (Å²) in [6.45, 7) is 4.13. The van der Waals surface area contributed by atoms with Crippen molar-refractivity contribution in [1.29, 1.82) is 0 Å². The highest BCUT2D eigenvalue weighted by atomic mass is 16.7. The Kier molecular flexibility index (Phi) is 6.60. The lowest BCUT2D eigenvalue weighted by molar-refractivity contribution is -0.309. The Bertz CT molecular complexity index is 999. The fourth-order valence-electron chi connectivity index (χ4n) is 9.73. The second kappa shape index (κ2) is 9.35. The average Bonchev–Trinajstić information content (AvgIpc) is 3.45. The third-order valence-electron chi connectivity index (χ3n) is 11.9. The van der Waals surface area contributed by atoms with E-state index >= 15 is 0 Å². The zero-order valence-corrected chi connectivity index (χ0v) is 22.3. The van der Waals surface area contributed by atoms with Gasteiger partial charge < -0.3 is 39.4 Å². The Hall–Kier alpha value is -1.36. The second-order valence-corrected chi connectivity index (χ2v) is 13.2. The van der Waals surface area contributed by atoms with Crippen LogP contribution in [0.2, 0.25) is 0 Å². The van der Waals surface area contributed by atoms with Crippen molar-refractivity contribution in [2.45, 2.75) is 114 Å². The minimum absolute atomic E-state index is 0.0322. The molecule has 13 atom stereocenters. The van der Waals surface area contributed by atoms with Crippen LogP contribution in [0.5, 0.6) is 0 Å². The molecule has 2 heterocycles. The van der Waals surface area contributed by atoms with Crippen LogP contribution in [0, 0.1) is 34.5 Å². The maximum absolute atomic E-state index is 12.9. The fraction of sp³-hybridized carbons (Fsp3) is 0.862. The van der Waals surface area contributed by atoms with E-state index in [4.69, 9.17) is 14.2 Å². The molecule has 0 aromatic rings. The van der Waals surface area contributed by atoms with Gasteiger partial charge in [-0.3, -0.25) is 0 Å². The van der Waals surface area contributed by atoms with E-state index in [1.807, 2.05) is 0 Å². The number of aliphatic hydroxyl groups excluding tert-OH is 3. The van der Waals surface area contributed by atoms with Crippen LogP contribution in [0.25, 0.3) is 0 Å². The van der Waals surface area contributed by atoms with Gasteiger partial charge in [-0.25, -0.2) is 4.79 Å². The smallest absolute Gasteiger partial charge is 0.331 e. The van der Waals surface area contributed by atoms with Gasteiger partial charge in [-0.2, -0.15) is 0 Å². The summed E-state index contributed by atoms with van der Waals surface area (Å²) in [5.74, 6) is 0.0678. The zero-order valence-electron chi connectivity index (χ0n) is 22.3. The predicted molar refractivity (Wildman–Crippen MR) is 133 cm³/mol. The van der Waals surface area contributed by atoms with Gasteiger partial charge in [0.15, 0.2) is 6.29 Å². The lowest BCUT2D eigenvalue weighted by Crippen LogP contribution is -2.63. The number of hydrogen-bond acceptors (Lipinski definition) is 9. The number of hydrogen-bond donors (Lipinski definition) is 4. The molecule has 0 aromatic heterocycles. The van der Waals surface area contributed by atoms with Gasteiger partial charge in [0.2, 0.25) is 0 Å². The van der Waals surface area contributed by atoms with Crippen LogP contribution in [-0.2, 0) is 23.8 Å². The maximum Gasteiger partial charge on any atom is 0.331 e. The molecular weight excluding hydrogens is 492 g/mol. The summed E-state index contributed by atoms with van der Waals surface area (Å²) >= 11 is 0. The van der Waals surface area contributed by atoms with Crippen LogP contribution in [0.4, 0.5) is 0 Å². The number of esters is 1. The first kappa shape index (κ1) is 26.8. The SMILES string of the molecule is C[C@@H]1O[C@H](O[C@H]2CC[C@@]3(C=O)[C@H](CC[C@@H]4[C@@H]3CC[C@]3(C)[C@@H](C5=CC(=O)OC5)CC[C@]43O)C2)[C@H](O)[C@H](O)[C@H]1O. The molecule has 0 spiro atoms. The van der Waals surface area contributed by atoms with Crippen molar-refractivity contribution in [3.8, 4) is 0 Å². The zero-order chi connectivity index (χ0) is 27.0. The first-order valence-corrected chi connectivity index (χ1v) is 14.4. The van der Waals surface area contributed by atoms with E-state index in [0.717, 1.165) is 37.7 Å². The molecule has 6 aliphatic rings. The fourth-order valence-corrected chi connectivity index (χ4v) is 9.73. The highest BCUT2D eigenvalue weighted by molar-refractivity contribution is 5.85. The number of fused-ring (bicyclic) bond motifs is 5. The Balaban J connectivity index is 1.19. The molecule has 9 heteroatoms. The highest BCUT2D eigenvalue weighted by Crippen LogP contribution is 2.69. The Morgan fingerprint density at radius 2 is 1.79 bits per heavy atom. The minimum Gasteiger partial charge on any atom is -0.458 e. The summed E-state index contributed by atoms with van der Waals surface area (Å²) in [7, 11) is 0. The molecule has 2 aliphatic heterocycles. The number of ether oxygens (including phenoxy) is 3. The first-order chi connectivity index (χ1) is 18.0. The van der Waals surface area contributed by atoms with Gasteiger partial charge in [0.25, 0.3) is 0 Å². The molecule has 38 heavy (non-hydrogen) atoms.